The quantitative estimate of drug-likeness (QED) is 0.690. The van der Waals surface area contributed by atoms with Crippen LogP contribution in [0.4, 0.5) is 0 Å². The Labute approximate surface area is 88.6 Å². The largest absolute Gasteiger partial charge is 0.381 e. The number of ether oxygens (including phenoxy) is 1. The van der Waals surface area contributed by atoms with E-state index >= 15 is 0 Å². The van der Waals surface area contributed by atoms with E-state index in [1.807, 2.05) is 7.11 Å². The minimum absolute atomic E-state index is 0.415. The van der Waals surface area contributed by atoms with E-state index in [0.717, 1.165) is 0 Å². The Morgan fingerprint density at radius 3 is 2.07 bits per heavy atom. The molecule has 0 aliphatic carbocycles. The van der Waals surface area contributed by atoms with Crippen LogP contribution in [0.15, 0.2) is 0 Å². The van der Waals surface area contributed by atoms with Crippen molar-refractivity contribution in [2.75, 3.05) is 20.2 Å². The molecule has 1 fully saturated rings. The van der Waals surface area contributed by atoms with E-state index in [1.54, 1.807) is 0 Å². The average molecular weight is 199 g/mol. The molecule has 1 rings (SSSR count). The third kappa shape index (κ3) is 2.48. The maximum Gasteiger partial charge on any atom is 0.0595 e. The van der Waals surface area contributed by atoms with Crippen molar-refractivity contribution in [1.82, 2.24) is 4.90 Å². The summed E-state index contributed by atoms with van der Waals surface area (Å²) in [5.74, 6) is 0. The fourth-order valence-corrected chi connectivity index (χ4v) is 2.33. The zero-order valence-electron chi connectivity index (χ0n) is 10.2. The second-order valence-corrected chi connectivity index (χ2v) is 4.63. The molecule has 0 N–H and O–H groups in total. The molecule has 0 saturated carbocycles. The lowest BCUT2D eigenvalue weighted by molar-refractivity contribution is -0.00174. The Morgan fingerprint density at radius 1 is 1.21 bits per heavy atom. The maximum atomic E-state index is 5.39. The number of rotatable bonds is 4. The van der Waals surface area contributed by atoms with Gasteiger partial charge in [-0.1, -0.05) is 13.8 Å². The lowest BCUT2D eigenvalue weighted by Gasteiger charge is -2.44. The molecule has 0 aromatic carbocycles. The Morgan fingerprint density at radius 2 is 1.71 bits per heavy atom. The van der Waals surface area contributed by atoms with Crippen LogP contribution >= 0.6 is 0 Å². The summed E-state index contributed by atoms with van der Waals surface area (Å²) >= 11 is 0. The number of likely N-dealkylation sites (tertiary alicyclic amines) is 1. The highest BCUT2D eigenvalue weighted by molar-refractivity contribution is 4.87. The summed E-state index contributed by atoms with van der Waals surface area (Å²) < 4.78 is 5.39. The fraction of sp³-hybridized carbons (Fsp3) is 1.00. The van der Waals surface area contributed by atoms with Gasteiger partial charge in [0.1, 0.15) is 0 Å². The summed E-state index contributed by atoms with van der Waals surface area (Å²) in [4.78, 5) is 2.64. The normalized spacial score (nSPS) is 21.4. The summed E-state index contributed by atoms with van der Waals surface area (Å²) in [5, 5.41) is 0. The molecule has 1 saturated heterocycles. The number of piperidine rings is 1. The van der Waals surface area contributed by atoms with Gasteiger partial charge in [0.2, 0.25) is 0 Å². The lowest BCUT2D eigenvalue weighted by Crippen LogP contribution is -2.50. The van der Waals surface area contributed by atoms with Crippen LogP contribution in [-0.4, -0.2) is 36.7 Å². The van der Waals surface area contributed by atoms with Gasteiger partial charge < -0.3 is 4.74 Å². The molecular formula is C12H25NO. The van der Waals surface area contributed by atoms with Gasteiger partial charge in [0.25, 0.3) is 0 Å². The summed E-state index contributed by atoms with van der Waals surface area (Å²) in [5.41, 5.74) is 0.415. The Bertz CT molecular complexity index is 158. The molecule has 2 nitrogen and oxygen atoms in total. The number of methoxy groups -OCH3 is 1. The van der Waals surface area contributed by atoms with Crippen LogP contribution in [-0.2, 0) is 4.74 Å². The van der Waals surface area contributed by atoms with Crippen molar-refractivity contribution < 1.29 is 4.74 Å². The van der Waals surface area contributed by atoms with Crippen molar-refractivity contribution in [2.24, 2.45) is 0 Å². The number of hydrogen-bond acceptors (Lipinski definition) is 2. The summed E-state index contributed by atoms with van der Waals surface area (Å²) in [6.07, 6.45) is 5.41. The van der Waals surface area contributed by atoms with Crippen LogP contribution in [0.3, 0.4) is 0 Å². The first kappa shape index (κ1) is 12.0. The molecule has 0 bridgehead atoms. The third-order valence-corrected chi connectivity index (χ3v) is 4.06. The highest BCUT2D eigenvalue weighted by atomic mass is 16.5. The van der Waals surface area contributed by atoms with Gasteiger partial charge >= 0.3 is 0 Å². The zero-order chi connectivity index (χ0) is 10.6. The Kier molecular flexibility index (Phi) is 4.39. The van der Waals surface area contributed by atoms with Gasteiger partial charge in [0.15, 0.2) is 0 Å². The first-order valence-corrected chi connectivity index (χ1v) is 5.94. The first-order valence-electron chi connectivity index (χ1n) is 5.94. The molecule has 2 heteroatoms. The average Bonchev–Trinajstić information content (AvgIpc) is 2.28. The Hall–Kier alpha value is -0.0800. The van der Waals surface area contributed by atoms with Crippen LogP contribution in [0.5, 0.6) is 0 Å². The number of hydrogen-bond donors (Lipinski definition) is 0. The molecule has 0 atom stereocenters. The molecule has 14 heavy (non-hydrogen) atoms. The minimum Gasteiger partial charge on any atom is -0.381 e. The van der Waals surface area contributed by atoms with Crippen molar-refractivity contribution in [3.05, 3.63) is 0 Å². The molecule has 1 aliphatic heterocycles. The second kappa shape index (κ2) is 5.13. The summed E-state index contributed by atoms with van der Waals surface area (Å²) in [6, 6.07) is 0. The van der Waals surface area contributed by atoms with E-state index in [0.29, 0.717) is 11.6 Å². The van der Waals surface area contributed by atoms with Gasteiger partial charge in [-0.25, -0.2) is 0 Å². The molecule has 0 aromatic rings. The van der Waals surface area contributed by atoms with E-state index in [9.17, 15) is 0 Å². The molecule has 0 spiro atoms. The van der Waals surface area contributed by atoms with Crippen molar-refractivity contribution in [1.29, 1.82) is 0 Å². The van der Waals surface area contributed by atoms with E-state index in [4.69, 9.17) is 4.74 Å². The standard InChI is InChI=1S/C12H25NO/c1-5-12(3,6-2)13-9-7-11(14-4)8-10-13/h11H,5-10H2,1-4H3. The third-order valence-electron chi connectivity index (χ3n) is 4.06. The van der Waals surface area contributed by atoms with Crippen LogP contribution < -0.4 is 0 Å². The molecule has 0 unspecified atom stereocenters. The minimum atomic E-state index is 0.415. The van der Waals surface area contributed by atoms with Crippen LogP contribution in [0.1, 0.15) is 46.5 Å². The van der Waals surface area contributed by atoms with Gasteiger partial charge in [-0.2, -0.15) is 0 Å². The van der Waals surface area contributed by atoms with Crippen molar-refractivity contribution >= 4 is 0 Å². The molecule has 0 amide bonds. The van der Waals surface area contributed by atoms with Crippen LogP contribution in [0.25, 0.3) is 0 Å². The van der Waals surface area contributed by atoms with E-state index in [2.05, 4.69) is 25.7 Å². The van der Waals surface area contributed by atoms with Gasteiger partial charge in [-0.15, -0.1) is 0 Å². The highest BCUT2D eigenvalue weighted by Gasteiger charge is 2.31. The predicted octanol–water partition coefficient (Wildman–Crippen LogP) is 2.68. The molecule has 0 radical (unpaired) electrons. The zero-order valence-corrected chi connectivity index (χ0v) is 10.2. The molecule has 84 valence electrons. The van der Waals surface area contributed by atoms with Gasteiger partial charge in [0.05, 0.1) is 6.10 Å². The summed E-state index contributed by atoms with van der Waals surface area (Å²) in [6.45, 7) is 9.39. The highest BCUT2D eigenvalue weighted by Crippen LogP contribution is 2.27. The van der Waals surface area contributed by atoms with E-state index < -0.39 is 0 Å². The Balaban J connectivity index is 2.47. The predicted molar refractivity (Wildman–Crippen MR) is 60.6 cm³/mol. The van der Waals surface area contributed by atoms with Crippen molar-refractivity contribution in [3.63, 3.8) is 0 Å². The smallest absolute Gasteiger partial charge is 0.0595 e. The molecule has 1 heterocycles. The second-order valence-electron chi connectivity index (χ2n) is 4.63. The van der Waals surface area contributed by atoms with Crippen LogP contribution in [0, 0.1) is 0 Å². The van der Waals surface area contributed by atoms with Gasteiger partial charge in [0, 0.05) is 25.7 Å². The van der Waals surface area contributed by atoms with Gasteiger partial charge in [-0.3, -0.25) is 4.90 Å². The lowest BCUT2D eigenvalue weighted by atomic mass is 9.90. The topological polar surface area (TPSA) is 12.5 Å². The first-order chi connectivity index (χ1) is 6.66. The SMILES string of the molecule is CCC(C)(CC)N1CCC(OC)CC1. The maximum absolute atomic E-state index is 5.39. The fourth-order valence-electron chi connectivity index (χ4n) is 2.33. The van der Waals surface area contributed by atoms with Gasteiger partial charge in [-0.05, 0) is 32.6 Å². The molecule has 1 aliphatic rings. The molecule has 0 aromatic heterocycles. The number of nitrogens with zero attached hydrogens (tertiary/aromatic N) is 1. The summed E-state index contributed by atoms with van der Waals surface area (Å²) in [7, 11) is 1.83. The van der Waals surface area contributed by atoms with Crippen molar-refractivity contribution in [3.8, 4) is 0 Å². The van der Waals surface area contributed by atoms with E-state index in [-0.39, 0.29) is 0 Å². The van der Waals surface area contributed by atoms with Crippen molar-refractivity contribution in [2.45, 2.75) is 58.1 Å². The molecular weight excluding hydrogens is 174 g/mol. The van der Waals surface area contributed by atoms with Crippen LogP contribution in [0.2, 0.25) is 0 Å². The monoisotopic (exact) mass is 199 g/mol. The van der Waals surface area contributed by atoms with E-state index in [1.165, 1.54) is 38.8 Å².